The van der Waals surface area contributed by atoms with E-state index in [0.29, 0.717) is 35.5 Å². The summed E-state index contributed by atoms with van der Waals surface area (Å²) < 4.78 is 10.4. The fourth-order valence-electron chi connectivity index (χ4n) is 3.26. The van der Waals surface area contributed by atoms with E-state index in [4.69, 9.17) is 9.47 Å². The Morgan fingerprint density at radius 1 is 1.00 bits per heavy atom. The van der Waals surface area contributed by atoms with Crippen LogP contribution in [-0.4, -0.2) is 38.6 Å². The summed E-state index contributed by atoms with van der Waals surface area (Å²) in [5.74, 6) is 0.935. The second kappa shape index (κ2) is 9.78. The number of carbonyl (C=O) groups is 2. The summed E-state index contributed by atoms with van der Waals surface area (Å²) in [6.07, 6.45) is 1.29. The summed E-state index contributed by atoms with van der Waals surface area (Å²) in [6, 6.07) is 14.3. The van der Waals surface area contributed by atoms with E-state index >= 15 is 0 Å². The number of nitrogens with one attached hydrogen (secondary N) is 2. The van der Waals surface area contributed by atoms with E-state index in [-0.39, 0.29) is 11.8 Å². The van der Waals surface area contributed by atoms with Crippen LogP contribution in [-0.2, 0) is 11.2 Å². The first-order valence-corrected chi connectivity index (χ1v) is 9.78. The predicted molar refractivity (Wildman–Crippen MR) is 111 cm³/mol. The average molecular weight is 394 g/mol. The number of hydrogen-bond donors (Lipinski definition) is 2. The van der Waals surface area contributed by atoms with E-state index in [1.165, 1.54) is 0 Å². The number of ether oxygens (including phenoxy) is 2. The average Bonchev–Trinajstić information content (AvgIpc) is 2.78. The summed E-state index contributed by atoms with van der Waals surface area (Å²) in [6.45, 7) is 3.66. The van der Waals surface area contributed by atoms with Crippen LogP contribution in [0.2, 0.25) is 0 Å². The first-order chi connectivity index (χ1) is 14.1. The molecule has 0 atom stereocenters. The molecule has 1 aliphatic rings. The van der Waals surface area contributed by atoms with Gasteiger partial charge >= 0.3 is 5.97 Å². The number of carbonyl (C=O) groups excluding carboxylic acids is 2. The Hall–Kier alpha value is -3.28. The highest BCUT2D eigenvalue weighted by Gasteiger charge is 2.22. The van der Waals surface area contributed by atoms with Gasteiger partial charge in [-0.05, 0) is 49.2 Å². The van der Waals surface area contributed by atoms with Gasteiger partial charge in [0.15, 0.2) is 5.78 Å². The first-order valence-electron chi connectivity index (χ1n) is 9.78. The second-order valence-electron chi connectivity index (χ2n) is 6.67. The van der Waals surface area contributed by atoms with Crippen LogP contribution in [0, 0.1) is 0 Å². The molecule has 2 aromatic carbocycles. The SMILES string of the molecule is CCOC(=O)c1ccccc1CC(C(=O)c1ccc(OC)cc1)=C1NCCCN1. The highest BCUT2D eigenvalue weighted by atomic mass is 16.5. The minimum atomic E-state index is -0.381. The summed E-state index contributed by atoms with van der Waals surface area (Å²) in [5, 5.41) is 6.59. The van der Waals surface area contributed by atoms with Gasteiger partial charge in [0.25, 0.3) is 0 Å². The van der Waals surface area contributed by atoms with Crippen molar-refractivity contribution < 1.29 is 19.1 Å². The summed E-state index contributed by atoms with van der Waals surface area (Å²) in [5.41, 5.74) is 2.39. The number of benzene rings is 2. The number of ketones is 1. The lowest BCUT2D eigenvalue weighted by molar-refractivity contribution is 0.0525. The van der Waals surface area contributed by atoms with Gasteiger partial charge in [-0.2, -0.15) is 0 Å². The Morgan fingerprint density at radius 2 is 1.69 bits per heavy atom. The Morgan fingerprint density at radius 3 is 2.34 bits per heavy atom. The maximum Gasteiger partial charge on any atom is 0.338 e. The van der Waals surface area contributed by atoms with Crippen molar-refractivity contribution in [1.29, 1.82) is 0 Å². The number of esters is 1. The minimum Gasteiger partial charge on any atom is -0.497 e. The molecular weight excluding hydrogens is 368 g/mol. The van der Waals surface area contributed by atoms with Crippen molar-refractivity contribution in [3.05, 3.63) is 76.6 Å². The molecule has 0 spiro atoms. The van der Waals surface area contributed by atoms with E-state index in [1.54, 1.807) is 50.4 Å². The van der Waals surface area contributed by atoms with Gasteiger partial charge in [0, 0.05) is 30.6 Å². The molecule has 6 heteroatoms. The molecule has 0 amide bonds. The van der Waals surface area contributed by atoms with Crippen LogP contribution in [0.4, 0.5) is 0 Å². The van der Waals surface area contributed by atoms with E-state index in [0.717, 1.165) is 30.9 Å². The topological polar surface area (TPSA) is 76.7 Å². The van der Waals surface area contributed by atoms with Crippen molar-refractivity contribution in [2.75, 3.05) is 26.8 Å². The Labute approximate surface area is 170 Å². The van der Waals surface area contributed by atoms with Gasteiger partial charge in [0.2, 0.25) is 0 Å². The smallest absolute Gasteiger partial charge is 0.338 e. The highest BCUT2D eigenvalue weighted by Crippen LogP contribution is 2.22. The highest BCUT2D eigenvalue weighted by molar-refractivity contribution is 6.09. The molecular formula is C23H26N2O4. The van der Waals surface area contributed by atoms with Gasteiger partial charge in [-0.3, -0.25) is 4.79 Å². The summed E-state index contributed by atoms with van der Waals surface area (Å²) >= 11 is 0. The molecule has 2 N–H and O–H groups in total. The van der Waals surface area contributed by atoms with Crippen molar-refractivity contribution in [1.82, 2.24) is 10.6 Å². The third-order valence-electron chi connectivity index (χ3n) is 4.77. The van der Waals surface area contributed by atoms with E-state index in [2.05, 4.69) is 10.6 Å². The third kappa shape index (κ3) is 4.96. The van der Waals surface area contributed by atoms with Crippen LogP contribution >= 0.6 is 0 Å². The second-order valence-corrected chi connectivity index (χ2v) is 6.67. The Balaban J connectivity index is 1.97. The van der Waals surface area contributed by atoms with Gasteiger partial charge in [0.05, 0.1) is 19.3 Å². The Bertz CT molecular complexity index is 895. The zero-order chi connectivity index (χ0) is 20.6. The fourth-order valence-corrected chi connectivity index (χ4v) is 3.26. The number of allylic oxidation sites excluding steroid dienone is 1. The molecule has 0 aromatic heterocycles. The molecule has 1 fully saturated rings. The lowest BCUT2D eigenvalue weighted by atomic mass is 9.93. The van der Waals surface area contributed by atoms with E-state index in [1.807, 2.05) is 12.1 Å². The zero-order valence-corrected chi connectivity index (χ0v) is 16.8. The number of Topliss-reactive ketones (excluding diaryl/α,β-unsaturated/α-hetero) is 1. The van der Waals surface area contributed by atoms with Crippen LogP contribution < -0.4 is 15.4 Å². The maximum atomic E-state index is 13.4. The molecule has 0 radical (unpaired) electrons. The maximum absolute atomic E-state index is 13.4. The fraction of sp³-hybridized carbons (Fsp3) is 0.304. The summed E-state index contributed by atoms with van der Waals surface area (Å²) in [4.78, 5) is 25.7. The molecule has 1 aliphatic heterocycles. The standard InChI is InChI=1S/C23H26N2O4/c1-3-29-23(27)19-8-5-4-7-17(19)15-20(22-24-13-6-14-25-22)21(26)16-9-11-18(28-2)12-10-16/h4-5,7-12,24-25H,3,6,13-15H2,1-2H3. The van der Waals surface area contributed by atoms with E-state index in [9.17, 15) is 9.59 Å². The number of hydrogen-bond acceptors (Lipinski definition) is 6. The number of methoxy groups -OCH3 is 1. The van der Waals surface area contributed by atoms with Gasteiger partial charge in [0.1, 0.15) is 11.6 Å². The zero-order valence-electron chi connectivity index (χ0n) is 16.8. The van der Waals surface area contributed by atoms with Gasteiger partial charge in [-0.25, -0.2) is 4.79 Å². The van der Waals surface area contributed by atoms with Crippen LogP contribution in [0.3, 0.4) is 0 Å². The summed E-state index contributed by atoms with van der Waals surface area (Å²) in [7, 11) is 1.59. The van der Waals surface area contributed by atoms with E-state index < -0.39 is 0 Å². The minimum absolute atomic E-state index is 0.0942. The van der Waals surface area contributed by atoms with Gasteiger partial charge in [-0.1, -0.05) is 18.2 Å². The Kier molecular flexibility index (Phi) is 6.89. The quantitative estimate of drug-likeness (QED) is 0.427. The molecule has 2 aromatic rings. The van der Waals surface area contributed by atoms with Crippen molar-refractivity contribution in [3.8, 4) is 5.75 Å². The number of rotatable bonds is 7. The molecule has 3 rings (SSSR count). The van der Waals surface area contributed by atoms with Crippen molar-refractivity contribution in [2.45, 2.75) is 19.8 Å². The van der Waals surface area contributed by atoms with Crippen molar-refractivity contribution in [2.24, 2.45) is 0 Å². The predicted octanol–water partition coefficient (Wildman–Crippen LogP) is 3.09. The van der Waals surface area contributed by atoms with Gasteiger partial charge < -0.3 is 20.1 Å². The lowest BCUT2D eigenvalue weighted by Crippen LogP contribution is -2.37. The van der Waals surface area contributed by atoms with Crippen molar-refractivity contribution in [3.63, 3.8) is 0 Å². The van der Waals surface area contributed by atoms with Gasteiger partial charge in [-0.15, -0.1) is 0 Å². The largest absolute Gasteiger partial charge is 0.497 e. The molecule has 29 heavy (non-hydrogen) atoms. The van der Waals surface area contributed by atoms with Crippen molar-refractivity contribution >= 4 is 11.8 Å². The first kappa shape index (κ1) is 20.5. The third-order valence-corrected chi connectivity index (χ3v) is 4.77. The monoisotopic (exact) mass is 394 g/mol. The molecule has 1 heterocycles. The molecule has 0 aliphatic carbocycles. The van der Waals surface area contributed by atoms with Crippen LogP contribution in [0.1, 0.15) is 39.6 Å². The van der Waals surface area contributed by atoms with Crippen LogP contribution in [0.25, 0.3) is 0 Å². The van der Waals surface area contributed by atoms with Crippen LogP contribution in [0.15, 0.2) is 59.9 Å². The van der Waals surface area contributed by atoms with Crippen LogP contribution in [0.5, 0.6) is 5.75 Å². The molecule has 0 unspecified atom stereocenters. The molecule has 6 nitrogen and oxygen atoms in total. The lowest BCUT2D eigenvalue weighted by Gasteiger charge is -2.23. The molecule has 152 valence electrons. The molecule has 0 bridgehead atoms. The molecule has 0 saturated carbocycles. The molecule has 1 saturated heterocycles. The normalized spacial score (nSPS) is 13.1.